The summed E-state index contributed by atoms with van der Waals surface area (Å²) in [6.07, 6.45) is 1.57. The number of β-amino-alcohol motifs (C(OH)–C–C–N with tert-alkyl or cyclic N) is 1. The average molecular weight is 474 g/mol. The SMILES string of the molecule is COc1ccc(OC)c(-n2c(SCC(=O)N3CCN(CCO)CC3)nnc2-c2ccco2)c1. The van der Waals surface area contributed by atoms with Crippen LogP contribution in [0.1, 0.15) is 0 Å². The first-order valence-corrected chi connectivity index (χ1v) is 11.6. The fourth-order valence-corrected chi connectivity index (χ4v) is 4.55. The number of rotatable bonds is 9. The third-order valence-electron chi connectivity index (χ3n) is 5.47. The lowest BCUT2D eigenvalue weighted by Crippen LogP contribution is -2.49. The molecule has 11 heteroatoms. The molecule has 2 aromatic heterocycles. The van der Waals surface area contributed by atoms with Gasteiger partial charge in [0.05, 0.1) is 38.5 Å². The fourth-order valence-electron chi connectivity index (χ4n) is 3.70. The van der Waals surface area contributed by atoms with Gasteiger partial charge >= 0.3 is 0 Å². The van der Waals surface area contributed by atoms with Crippen molar-refractivity contribution >= 4 is 17.7 Å². The summed E-state index contributed by atoms with van der Waals surface area (Å²) in [6, 6.07) is 9.04. The van der Waals surface area contributed by atoms with Crippen LogP contribution in [-0.4, -0.2) is 94.9 Å². The summed E-state index contributed by atoms with van der Waals surface area (Å²) in [7, 11) is 3.19. The van der Waals surface area contributed by atoms with Gasteiger partial charge < -0.3 is 23.9 Å². The van der Waals surface area contributed by atoms with Gasteiger partial charge in [0.25, 0.3) is 0 Å². The largest absolute Gasteiger partial charge is 0.497 e. The monoisotopic (exact) mass is 473 g/mol. The number of carbonyl (C=O) groups is 1. The Morgan fingerprint density at radius 1 is 1.15 bits per heavy atom. The number of piperazine rings is 1. The number of aliphatic hydroxyl groups excluding tert-OH is 1. The maximum atomic E-state index is 12.9. The van der Waals surface area contributed by atoms with Crippen LogP contribution < -0.4 is 9.47 Å². The molecule has 176 valence electrons. The number of aliphatic hydroxyl groups is 1. The van der Waals surface area contributed by atoms with E-state index < -0.39 is 0 Å². The molecule has 1 aliphatic rings. The summed E-state index contributed by atoms with van der Waals surface area (Å²) in [6.45, 7) is 3.58. The van der Waals surface area contributed by atoms with Crippen molar-refractivity contribution in [3.63, 3.8) is 0 Å². The number of thioether (sulfide) groups is 1. The zero-order valence-electron chi connectivity index (χ0n) is 18.6. The van der Waals surface area contributed by atoms with E-state index in [-0.39, 0.29) is 18.3 Å². The number of amides is 1. The van der Waals surface area contributed by atoms with Crippen LogP contribution in [-0.2, 0) is 4.79 Å². The molecule has 1 N–H and O–H groups in total. The van der Waals surface area contributed by atoms with Gasteiger partial charge in [0.2, 0.25) is 11.7 Å². The number of hydrogen-bond acceptors (Lipinski definition) is 9. The molecule has 1 aromatic carbocycles. The van der Waals surface area contributed by atoms with Crippen molar-refractivity contribution in [3.8, 4) is 28.8 Å². The Kier molecular flexibility index (Phi) is 7.53. The third-order valence-corrected chi connectivity index (χ3v) is 6.38. The summed E-state index contributed by atoms with van der Waals surface area (Å²) in [5, 5.41) is 18.3. The van der Waals surface area contributed by atoms with Crippen LogP contribution >= 0.6 is 11.8 Å². The predicted octanol–water partition coefficient (Wildman–Crippen LogP) is 1.77. The van der Waals surface area contributed by atoms with Crippen LogP contribution in [0.4, 0.5) is 0 Å². The third kappa shape index (κ3) is 5.15. The van der Waals surface area contributed by atoms with Gasteiger partial charge in [0.15, 0.2) is 10.9 Å². The number of ether oxygens (including phenoxy) is 2. The Bertz CT molecular complexity index is 1060. The van der Waals surface area contributed by atoms with Gasteiger partial charge in [-0.25, -0.2) is 0 Å². The normalized spacial score (nSPS) is 14.5. The average Bonchev–Trinajstić information content (AvgIpc) is 3.52. The summed E-state index contributed by atoms with van der Waals surface area (Å²) >= 11 is 1.31. The first-order chi connectivity index (χ1) is 16.1. The number of furan rings is 1. The molecule has 3 aromatic rings. The zero-order valence-corrected chi connectivity index (χ0v) is 19.5. The van der Waals surface area contributed by atoms with E-state index in [1.807, 2.05) is 27.7 Å². The lowest BCUT2D eigenvalue weighted by Gasteiger charge is -2.34. The molecule has 10 nitrogen and oxygen atoms in total. The number of aromatic nitrogens is 3. The molecule has 0 saturated carbocycles. The van der Waals surface area contributed by atoms with E-state index in [4.69, 9.17) is 19.0 Å². The molecular weight excluding hydrogens is 446 g/mol. The Balaban J connectivity index is 1.58. The van der Waals surface area contributed by atoms with Gasteiger partial charge in [0, 0.05) is 38.8 Å². The second-order valence-corrected chi connectivity index (χ2v) is 8.33. The summed E-state index contributed by atoms with van der Waals surface area (Å²) < 4.78 is 18.4. The minimum atomic E-state index is 0.0374. The van der Waals surface area contributed by atoms with E-state index >= 15 is 0 Å². The Morgan fingerprint density at radius 2 is 1.97 bits per heavy atom. The molecule has 3 heterocycles. The maximum absolute atomic E-state index is 12.9. The highest BCUT2D eigenvalue weighted by Crippen LogP contribution is 2.35. The number of benzene rings is 1. The minimum absolute atomic E-state index is 0.0374. The van der Waals surface area contributed by atoms with Crippen molar-refractivity contribution < 1.29 is 23.8 Å². The Hall–Kier alpha value is -3.02. The number of carbonyl (C=O) groups excluding carboxylic acids is 1. The summed E-state index contributed by atoms with van der Waals surface area (Å²) in [5.74, 6) is 2.57. The van der Waals surface area contributed by atoms with Crippen LogP contribution in [0.3, 0.4) is 0 Å². The van der Waals surface area contributed by atoms with E-state index in [2.05, 4.69) is 15.1 Å². The molecule has 0 unspecified atom stereocenters. The van der Waals surface area contributed by atoms with Crippen molar-refractivity contribution in [1.82, 2.24) is 24.6 Å². The van der Waals surface area contributed by atoms with E-state index in [0.29, 0.717) is 53.6 Å². The number of nitrogens with zero attached hydrogens (tertiary/aromatic N) is 5. The molecule has 1 fully saturated rings. The highest BCUT2D eigenvalue weighted by Gasteiger charge is 2.24. The van der Waals surface area contributed by atoms with Crippen LogP contribution in [0.2, 0.25) is 0 Å². The number of methoxy groups -OCH3 is 2. The van der Waals surface area contributed by atoms with Crippen LogP contribution in [0.5, 0.6) is 11.5 Å². The van der Waals surface area contributed by atoms with Crippen molar-refractivity contribution in [2.75, 3.05) is 59.3 Å². The van der Waals surface area contributed by atoms with Gasteiger partial charge in [-0.2, -0.15) is 0 Å². The molecule has 33 heavy (non-hydrogen) atoms. The fraction of sp³-hybridized carbons (Fsp3) is 0.409. The molecule has 0 bridgehead atoms. The molecule has 0 atom stereocenters. The molecule has 1 amide bonds. The van der Waals surface area contributed by atoms with Crippen LogP contribution in [0, 0.1) is 0 Å². The maximum Gasteiger partial charge on any atom is 0.233 e. The van der Waals surface area contributed by atoms with E-state index in [0.717, 1.165) is 13.1 Å². The first kappa shape index (κ1) is 23.1. The second kappa shape index (κ2) is 10.7. The summed E-state index contributed by atoms with van der Waals surface area (Å²) in [4.78, 5) is 16.9. The molecule has 4 rings (SSSR count). The molecule has 0 spiro atoms. The number of hydrogen-bond donors (Lipinski definition) is 1. The second-order valence-electron chi connectivity index (χ2n) is 7.39. The van der Waals surface area contributed by atoms with Gasteiger partial charge in [-0.05, 0) is 24.3 Å². The lowest BCUT2D eigenvalue weighted by atomic mass is 10.2. The Labute approximate surface area is 196 Å². The van der Waals surface area contributed by atoms with Crippen molar-refractivity contribution in [2.24, 2.45) is 0 Å². The van der Waals surface area contributed by atoms with Gasteiger partial charge in [-0.15, -0.1) is 10.2 Å². The molecule has 0 radical (unpaired) electrons. The first-order valence-electron chi connectivity index (χ1n) is 10.6. The van der Waals surface area contributed by atoms with Gasteiger partial charge in [0.1, 0.15) is 11.5 Å². The molecule has 1 saturated heterocycles. The van der Waals surface area contributed by atoms with Crippen molar-refractivity contribution in [3.05, 3.63) is 36.6 Å². The predicted molar refractivity (Wildman–Crippen MR) is 123 cm³/mol. The molecular formula is C22H27N5O5S. The van der Waals surface area contributed by atoms with Crippen molar-refractivity contribution in [2.45, 2.75) is 5.16 Å². The standard InChI is InChI=1S/C22H27N5O5S/c1-30-16-5-6-18(31-2)17(14-16)27-21(19-4-3-13-32-19)23-24-22(27)33-15-20(29)26-9-7-25(8-10-26)11-12-28/h3-6,13-14,28H,7-12,15H2,1-2H3. The minimum Gasteiger partial charge on any atom is -0.497 e. The molecule has 0 aliphatic carbocycles. The highest BCUT2D eigenvalue weighted by molar-refractivity contribution is 7.99. The quantitative estimate of drug-likeness (QED) is 0.465. The summed E-state index contributed by atoms with van der Waals surface area (Å²) in [5.41, 5.74) is 0.681. The van der Waals surface area contributed by atoms with E-state index in [9.17, 15) is 4.79 Å². The lowest BCUT2D eigenvalue weighted by molar-refractivity contribution is -0.130. The van der Waals surface area contributed by atoms with Crippen molar-refractivity contribution in [1.29, 1.82) is 0 Å². The zero-order chi connectivity index (χ0) is 23.2. The Morgan fingerprint density at radius 3 is 2.64 bits per heavy atom. The van der Waals surface area contributed by atoms with Crippen LogP contribution in [0.15, 0.2) is 46.2 Å². The molecule has 1 aliphatic heterocycles. The van der Waals surface area contributed by atoms with E-state index in [1.165, 1.54) is 11.8 Å². The van der Waals surface area contributed by atoms with Gasteiger partial charge in [-0.1, -0.05) is 11.8 Å². The highest BCUT2D eigenvalue weighted by atomic mass is 32.2. The van der Waals surface area contributed by atoms with Crippen LogP contribution in [0.25, 0.3) is 17.3 Å². The topological polar surface area (TPSA) is 106 Å². The van der Waals surface area contributed by atoms with Gasteiger partial charge in [-0.3, -0.25) is 14.3 Å². The van der Waals surface area contributed by atoms with E-state index in [1.54, 1.807) is 32.6 Å². The smallest absolute Gasteiger partial charge is 0.233 e.